The van der Waals surface area contributed by atoms with Gasteiger partial charge in [-0.3, -0.25) is 4.68 Å². The van der Waals surface area contributed by atoms with Gasteiger partial charge in [0.15, 0.2) is 0 Å². The van der Waals surface area contributed by atoms with Gasteiger partial charge >= 0.3 is 0 Å². The minimum atomic E-state index is -0.507. The average molecular weight is 279 g/mol. The van der Waals surface area contributed by atoms with Crippen molar-refractivity contribution in [2.24, 2.45) is 7.05 Å². The molecule has 0 aliphatic heterocycles. The van der Waals surface area contributed by atoms with E-state index in [2.05, 4.69) is 10.4 Å². The number of aryl methyl sites for hydroxylation is 2. The molecule has 1 atom stereocenters. The van der Waals surface area contributed by atoms with Crippen molar-refractivity contribution in [3.63, 3.8) is 0 Å². The number of likely N-dealkylation sites (N-methyl/N-ethyl adjacent to an activating group) is 1. The van der Waals surface area contributed by atoms with Crippen molar-refractivity contribution in [2.45, 2.75) is 25.8 Å². The Morgan fingerprint density at radius 3 is 2.50 bits per heavy atom. The smallest absolute Gasteiger partial charge is 0.129 e. The molecule has 0 saturated carbocycles. The fourth-order valence-electron chi connectivity index (χ4n) is 2.42. The van der Waals surface area contributed by atoms with E-state index in [0.717, 1.165) is 17.7 Å². The van der Waals surface area contributed by atoms with Crippen LogP contribution in [0.3, 0.4) is 0 Å². The highest BCUT2D eigenvalue weighted by Crippen LogP contribution is 2.24. The maximum atomic E-state index is 13.8. The molecule has 5 heteroatoms. The standard InChI is InChI=1S/C15H19F2N3/c1-4-14-11(9-20(3)19-14)15(18-2)8-10-12(16)6-5-7-13(10)17/h5-7,9,15,18H,4,8H2,1-3H3. The molecule has 1 heterocycles. The van der Waals surface area contributed by atoms with Crippen LogP contribution in [0.25, 0.3) is 0 Å². The summed E-state index contributed by atoms with van der Waals surface area (Å²) in [4.78, 5) is 0. The van der Waals surface area contributed by atoms with E-state index >= 15 is 0 Å². The van der Waals surface area contributed by atoms with Gasteiger partial charge < -0.3 is 5.32 Å². The van der Waals surface area contributed by atoms with Crippen molar-refractivity contribution in [3.8, 4) is 0 Å². The normalized spacial score (nSPS) is 12.7. The van der Waals surface area contributed by atoms with Gasteiger partial charge in [-0.1, -0.05) is 13.0 Å². The van der Waals surface area contributed by atoms with E-state index in [0.29, 0.717) is 0 Å². The molecular formula is C15H19F2N3. The van der Waals surface area contributed by atoms with Crippen LogP contribution in [0.5, 0.6) is 0 Å². The quantitative estimate of drug-likeness (QED) is 0.912. The van der Waals surface area contributed by atoms with Gasteiger partial charge in [0.05, 0.1) is 5.69 Å². The Morgan fingerprint density at radius 1 is 1.30 bits per heavy atom. The first kappa shape index (κ1) is 14.7. The minimum Gasteiger partial charge on any atom is -0.313 e. The summed E-state index contributed by atoms with van der Waals surface area (Å²) in [5, 5.41) is 7.50. The lowest BCUT2D eigenvalue weighted by molar-refractivity contribution is 0.513. The number of benzene rings is 1. The number of nitrogens with zero attached hydrogens (tertiary/aromatic N) is 2. The van der Waals surface area contributed by atoms with Crippen LogP contribution in [0.1, 0.15) is 29.8 Å². The van der Waals surface area contributed by atoms with E-state index in [4.69, 9.17) is 0 Å². The second kappa shape index (κ2) is 6.13. The summed E-state index contributed by atoms with van der Waals surface area (Å²) in [5.41, 5.74) is 2.04. The SMILES string of the molecule is CCc1nn(C)cc1C(Cc1c(F)cccc1F)NC. The molecule has 2 aromatic rings. The molecule has 0 spiro atoms. The summed E-state index contributed by atoms with van der Waals surface area (Å²) < 4.78 is 29.3. The predicted octanol–water partition coefficient (Wildman–Crippen LogP) is 2.76. The highest BCUT2D eigenvalue weighted by molar-refractivity contribution is 5.27. The van der Waals surface area contributed by atoms with Crippen molar-refractivity contribution in [3.05, 3.63) is 52.9 Å². The van der Waals surface area contributed by atoms with Gasteiger partial charge in [0.2, 0.25) is 0 Å². The van der Waals surface area contributed by atoms with Crippen molar-refractivity contribution in [2.75, 3.05) is 7.05 Å². The van der Waals surface area contributed by atoms with Crippen LogP contribution in [-0.2, 0) is 19.9 Å². The number of hydrogen-bond acceptors (Lipinski definition) is 2. The highest BCUT2D eigenvalue weighted by atomic mass is 19.1. The summed E-state index contributed by atoms with van der Waals surface area (Å²) in [5.74, 6) is -1.01. The summed E-state index contributed by atoms with van der Waals surface area (Å²) in [6, 6.07) is 3.79. The van der Waals surface area contributed by atoms with Crippen LogP contribution in [0.2, 0.25) is 0 Å². The van der Waals surface area contributed by atoms with Gasteiger partial charge in [0, 0.05) is 30.4 Å². The molecule has 108 valence electrons. The van der Waals surface area contributed by atoms with E-state index < -0.39 is 11.6 Å². The lowest BCUT2D eigenvalue weighted by Gasteiger charge is -2.17. The molecule has 0 saturated heterocycles. The first-order valence-corrected chi connectivity index (χ1v) is 6.69. The third-order valence-electron chi connectivity index (χ3n) is 3.47. The Morgan fingerprint density at radius 2 is 1.95 bits per heavy atom. The Kier molecular flexibility index (Phi) is 4.49. The second-order valence-corrected chi connectivity index (χ2v) is 4.80. The van der Waals surface area contributed by atoms with Crippen molar-refractivity contribution in [1.29, 1.82) is 0 Å². The van der Waals surface area contributed by atoms with Crippen molar-refractivity contribution >= 4 is 0 Å². The molecule has 0 bridgehead atoms. The lowest BCUT2D eigenvalue weighted by atomic mass is 9.98. The summed E-state index contributed by atoms with van der Waals surface area (Å²) in [7, 11) is 3.63. The molecule has 0 aliphatic rings. The zero-order valence-corrected chi connectivity index (χ0v) is 12.0. The monoisotopic (exact) mass is 279 g/mol. The number of rotatable bonds is 5. The molecule has 1 unspecified atom stereocenters. The minimum absolute atomic E-state index is 0.109. The van der Waals surface area contributed by atoms with Crippen LogP contribution in [0.15, 0.2) is 24.4 Å². The molecule has 1 aromatic carbocycles. The Labute approximate surface area is 117 Å². The van der Waals surface area contributed by atoms with Gasteiger partial charge in [-0.2, -0.15) is 5.10 Å². The summed E-state index contributed by atoms with van der Waals surface area (Å²) >= 11 is 0. The maximum absolute atomic E-state index is 13.8. The van der Waals surface area contributed by atoms with E-state index in [9.17, 15) is 8.78 Å². The second-order valence-electron chi connectivity index (χ2n) is 4.80. The molecule has 0 amide bonds. The summed E-state index contributed by atoms with van der Waals surface area (Å²) in [6.07, 6.45) is 2.94. The van der Waals surface area contributed by atoms with Gasteiger partial charge in [-0.05, 0) is 32.0 Å². The zero-order chi connectivity index (χ0) is 14.7. The average Bonchev–Trinajstić information content (AvgIpc) is 2.80. The van der Waals surface area contributed by atoms with Crippen LogP contribution in [0.4, 0.5) is 8.78 Å². The molecule has 1 N–H and O–H groups in total. The summed E-state index contributed by atoms with van der Waals surface area (Å²) in [6.45, 7) is 2.02. The number of halogens is 2. The third-order valence-corrected chi connectivity index (χ3v) is 3.47. The van der Waals surface area contributed by atoms with E-state index in [1.807, 2.05) is 20.2 Å². The maximum Gasteiger partial charge on any atom is 0.129 e. The van der Waals surface area contributed by atoms with Gasteiger partial charge in [0.1, 0.15) is 11.6 Å². The Balaban J connectivity index is 2.33. The van der Waals surface area contributed by atoms with E-state index in [1.54, 1.807) is 11.7 Å². The fraction of sp³-hybridized carbons (Fsp3) is 0.400. The van der Waals surface area contributed by atoms with Crippen molar-refractivity contribution in [1.82, 2.24) is 15.1 Å². The topological polar surface area (TPSA) is 29.9 Å². The molecule has 2 rings (SSSR count). The van der Waals surface area contributed by atoms with Crippen LogP contribution >= 0.6 is 0 Å². The molecule has 1 aromatic heterocycles. The zero-order valence-electron chi connectivity index (χ0n) is 12.0. The lowest BCUT2D eigenvalue weighted by Crippen LogP contribution is -2.20. The van der Waals surface area contributed by atoms with E-state index in [-0.39, 0.29) is 18.0 Å². The number of aromatic nitrogens is 2. The molecule has 0 fully saturated rings. The molecule has 20 heavy (non-hydrogen) atoms. The largest absolute Gasteiger partial charge is 0.313 e. The number of nitrogens with one attached hydrogen (secondary N) is 1. The van der Waals surface area contributed by atoms with E-state index in [1.165, 1.54) is 18.2 Å². The van der Waals surface area contributed by atoms with Crippen LogP contribution in [0, 0.1) is 11.6 Å². The van der Waals surface area contributed by atoms with Crippen molar-refractivity contribution < 1.29 is 8.78 Å². The predicted molar refractivity (Wildman–Crippen MR) is 74.4 cm³/mol. The molecule has 3 nitrogen and oxygen atoms in total. The number of hydrogen-bond donors (Lipinski definition) is 1. The fourth-order valence-corrected chi connectivity index (χ4v) is 2.42. The van der Waals surface area contributed by atoms with Gasteiger partial charge in [-0.25, -0.2) is 8.78 Å². The third kappa shape index (κ3) is 2.88. The molecule has 0 aliphatic carbocycles. The molecular weight excluding hydrogens is 260 g/mol. The first-order valence-electron chi connectivity index (χ1n) is 6.69. The van der Waals surface area contributed by atoms with Gasteiger partial charge in [0.25, 0.3) is 0 Å². The Bertz CT molecular complexity index is 573. The van der Waals surface area contributed by atoms with Crippen LogP contribution in [-0.4, -0.2) is 16.8 Å². The van der Waals surface area contributed by atoms with Gasteiger partial charge in [-0.15, -0.1) is 0 Å². The highest BCUT2D eigenvalue weighted by Gasteiger charge is 2.20. The Hall–Kier alpha value is -1.75. The van der Waals surface area contributed by atoms with Crippen LogP contribution < -0.4 is 5.32 Å². The first-order chi connectivity index (χ1) is 9.56. The molecule has 0 radical (unpaired) electrons.